The molecule has 3 rings (SSSR count). The van der Waals surface area contributed by atoms with Crippen molar-refractivity contribution in [1.82, 2.24) is 0 Å². The van der Waals surface area contributed by atoms with Gasteiger partial charge in [0.2, 0.25) is 0 Å². The van der Waals surface area contributed by atoms with E-state index in [9.17, 15) is 17.2 Å². The molecule has 0 spiro atoms. The highest BCUT2D eigenvalue weighted by atomic mass is 35.5. The van der Waals surface area contributed by atoms with Crippen LogP contribution in [0.3, 0.4) is 0 Å². The molecule has 4 nitrogen and oxygen atoms in total. The summed E-state index contributed by atoms with van der Waals surface area (Å²) in [6.45, 7) is 1.50. The second-order valence-electron chi connectivity index (χ2n) is 6.27. The molecule has 0 atom stereocenters. The highest BCUT2D eigenvalue weighted by Crippen LogP contribution is 2.27. The van der Waals surface area contributed by atoms with Gasteiger partial charge in [0.15, 0.2) is 11.6 Å². The van der Waals surface area contributed by atoms with E-state index >= 15 is 0 Å². The number of sulfonamides is 1. The molecule has 30 heavy (non-hydrogen) atoms. The van der Waals surface area contributed by atoms with E-state index in [1.807, 2.05) is 4.72 Å². The third-order valence-corrected chi connectivity index (χ3v) is 6.11. The number of ether oxygens (including phenoxy) is 1. The molecule has 0 amide bonds. The van der Waals surface area contributed by atoms with E-state index in [0.29, 0.717) is 11.3 Å². The van der Waals surface area contributed by atoms with Crippen molar-refractivity contribution in [3.05, 3.63) is 87.9 Å². The molecule has 0 aromatic heterocycles. The van der Waals surface area contributed by atoms with Gasteiger partial charge in [0.1, 0.15) is 11.4 Å². The third-order valence-electron chi connectivity index (χ3n) is 4.21. The highest BCUT2D eigenvalue weighted by molar-refractivity contribution is 7.92. The van der Waals surface area contributed by atoms with E-state index in [1.165, 1.54) is 32.2 Å². The second kappa shape index (κ2) is 8.74. The number of nitrogens with one attached hydrogen (secondary N) is 1. The summed E-state index contributed by atoms with van der Waals surface area (Å²) in [5.74, 6) is 3.85. The first kappa shape index (κ1) is 21.6. The zero-order valence-corrected chi connectivity index (χ0v) is 17.5. The van der Waals surface area contributed by atoms with Crippen molar-refractivity contribution in [3.63, 3.8) is 0 Å². The van der Waals surface area contributed by atoms with Gasteiger partial charge in [-0.25, -0.2) is 17.2 Å². The molecule has 0 unspecified atom stereocenters. The number of hydrogen-bond acceptors (Lipinski definition) is 3. The predicted molar refractivity (Wildman–Crippen MR) is 112 cm³/mol. The first-order valence-electron chi connectivity index (χ1n) is 8.64. The van der Waals surface area contributed by atoms with Crippen LogP contribution in [0.4, 0.5) is 14.5 Å². The number of hydrogen-bond donors (Lipinski definition) is 1. The van der Waals surface area contributed by atoms with Crippen LogP contribution in [0.5, 0.6) is 5.75 Å². The predicted octanol–water partition coefficient (Wildman–Crippen LogP) is 5.14. The van der Waals surface area contributed by atoms with E-state index in [-0.39, 0.29) is 21.0 Å². The Morgan fingerprint density at radius 2 is 1.60 bits per heavy atom. The fourth-order valence-electron chi connectivity index (χ4n) is 2.66. The lowest BCUT2D eigenvalue weighted by Gasteiger charge is -2.12. The van der Waals surface area contributed by atoms with Crippen LogP contribution >= 0.6 is 11.6 Å². The van der Waals surface area contributed by atoms with Gasteiger partial charge >= 0.3 is 0 Å². The number of anilines is 1. The molecule has 154 valence electrons. The van der Waals surface area contributed by atoms with Gasteiger partial charge in [0.25, 0.3) is 10.0 Å². The van der Waals surface area contributed by atoms with Crippen molar-refractivity contribution in [2.75, 3.05) is 11.8 Å². The molecule has 0 aliphatic heterocycles. The van der Waals surface area contributed by atoms with E-state index < -0.39 is 27.3 Å². The Morgan fingerprint density at radius 1 is 0.967 bits per heavy atom. The van der Waals surface area contributed by atoms with Gasteiger partial charge in [0.05, 0.1) is 12.0 Å². The summed E-state index contributed by atoms with van der Waals surface area (Å²) in [6.07, 6.45) is 0. The lowest BCUT2D eigenvalue weighted by Crippen LogP contribution is -2.16. The monoisotopic (exact) mass is 447 g/mol. The molecule has 0 aliphatic rings. The molecule has 0 heterocycles. The van der Waals surface area contributed by atoms with Gasteiger partial charge in [-0.05, 0) is 55.0 Å². The van der Waals surface area contributed by atoms with Crippen LogP contribution in [-0.2, 0) is 10.0 Å². The van der Waals surface area contributed by atoms with Crippen molar-refractivity contribution >= 4 is 27.3 Å². The maximum atomic E-state index is 14.5. The van der Waals surface area contributed by atoms with E-state index in [0.717, 1.165) is 12.1 Å². The maximum Gasteiger partial charge on any atom is 0.262 e. The molecule has 0 saturated heterocycles. The van der Waals surface area contributed by atoms with Gasteiger partial charge in [-0.3, -0.25) is 4.72 Å². The molecule has 0 bridgehead atoms. The minimum atomic E-state index is -4.25. The third kappa shape index (κ3) is 4.73. The summed E-state index contributed by atoms with van der Waals surface area (Å²) in [5.41, 5.74) is 0.126. The minimum Gasteiger partial charge on any atom is -0.497 e. The van der Waals surface area contributed by atoms with Crippen molar-refractivity contribution < 1.29 is 21.9 Å². The molecule has 1 N–H and O–H groups in total. The van der Waals surface area contributed by atoms with Crippen LogP contribution in [-0.4, -0.2) is 15.5 Å². The number of rotatable bonds is 4. The normalized spacial score (nSPS) is 10.8. The largest absolute Gasteiger partial charge is 0.497 e. The summed E-state index contributed by atoms with van der Waals surface area (Å²) in [6, 6.07) is 13.0. The summed E-state index contributed by atoms with van der Waals surface area (Å²) < 4.78 is 61.2. The van der Waals surface area contributed by atoms with Crippen molar-refractivity contribution in [2.24, 2.45) is 0 Å². The van der Waals surface area contributed by atoms with Crippen LogP contribution in [0.2, 0.25) is 5.02 Å². The van der Waals surface area contributed by atoms with Gasteiger partial charge < -0.3 is 4.74 Å². The van der Waals surface area contributed by atoms with Crippen LogP contribution < -0.4 is 9.46 Å². The smallest absolute Gasteiger partial charge is 0.262 e. The maximum absolute atomic E-state index is 14.5. The average molecular weight is 448 g/mol. The molecule has 3 aromatic rings. The van der Waals surface area contributed by atoms with Crippen molar-refractivity contribution in [1.29, 1.82) is 0 Å². The Labute approximate surface area is 178 Å². The highest BCUT2D eigenvalue weighted by Gasteiger charge is 2.22. The fourth-order valence-corrected chi connectivity index (χ4v) is 4.23. The quantitative estimate of drug-likeness (QED) is 0.564. The Balaban J connectivity index is 1.92. The van der Waals surface area contributed by atoms with Crippen molar-refractivity contribution in [2.45, 2.75) is 11.8 Å². The lowest BCUT2D eigenvalue weighted by atomic mass is 10.1. The van der Waals surface area contributed by atoms with E-state index in [2.05, 4.69) is 11.8 Å². The van der Waals surface area contributed by atoms with E-state index in [4.69, 9.17) is 16.3 Å². The number of benzene rings is 3. The Morgan fingerprint density at radius 3 is 2.27 bits per heavy atom. The molecule has 8 heteroatoms. The van der Waals surface area contributed by atoms with Gasteiger partial charge in [-0.1, -0.05) is 35.6 Å². The van der Waals surface area contributed by atoms with Crippen LogP contribution in [0, 0.1) is 30.4 Å². The number of halogens is 3. The molecule has 0 aliphatic carbocycles. The molecule has 0 fully saturated rings. The SMILES string of the molecule is COc1cccc(C#Cc2cc(F)c(NS(=O)(=O)c3cccc(Cl)c3C)c(F)c2)c1. The lowest BCUT2D eigenvalue weighted by molar-refractivity contribution is 0.414. The molecule has 0 saturated carbocycles. The summed E-state index contributed by atoms with van der Waals surface area (Å²) >= 11 is 5.95. The fraction of sp³-hybridized carbons (Fsp3) is 0.0909. The summed E-state index contributed by atoms with van der Waals surface area (Å²) in [5, 5.41) is 0.224. The van der Waals surface area contributed by atoms with Crippen LogP contribution in [0.25, 0.3) is 0 Å². The average Bonchev–Trinajstić information content (AvgIpc) is 2.71. The molecule has 3 aromatic carbocycles. The van der Waals surface area contributed by atoms with Gasteiger partial charge in [0, 0.05) is 16.1 Å². The zero-order chi connectivity index (χ0) is 21.9. The van der Waals surface area contributed by atoms with Gasteiger partial charge in [-0.2, -0.15) is 0 Å². The topological polar surface area (TPSA) is 55.4 Å². The Bertz CT molecular complexity index is 1260. The van der Waals surface area contributed by atoms with Crippen LogP contribution in [0.1, 0.15) is 16.7 Å². The summed E-state index contributed by atoms with van der Waals surface area (Å²) in [7, 11) is -2.74. The second-order valence-corrected chi connectivity index (χ2v) is 8.32. The first-order valence-corrected chi connectivity index (χ1v) is 10.5. The standard InChI is InChI=1S/C22H16ClF2NO3S/c1-14-18(23)7-4-8-21(14)30(27,28)26-22-19(24)12-16(13-20(22)25)10-9-15-5-3-6-17(11-15)29-2/h3-8,11-13,26H,1-2H3. The molecule has 0 radical (unpaired) electrons. The zero-order valence-electron chi connectivity index (χ0n) is 16.0. The van der Waals surface area contributed by atoms with Crippen LogP contribution in [0.15, 0.2) is 59.5 Å². The van der Waals surface area contributed by atoms with Crippen molar-refractivity contribution in [3.8, 4) is 17.6 Å². The Hall–Kier alpha value is -3.08. The van der Waals surface area contributed by atoms with E-state index in [1.54, 1.807) is 24.3 Å². The summed E-state index contributed by atoms with van der Waals surface area (Å²) in [4.78, 5) is -0.171. The minimum absolute atomic E-state index is 0.0507. The first-order chi connectivity index (χ1) is 14.2. The van der Waals surface area contributed by atoms with Gasteiger partial charge in [-0.15, -0.1) is 0 Å². The molecular formula is C22H16ClF2NO3S. The number of methoxy groups -OCH3 is 1. The molecular weight excluding hydrogens is 432 g/mol. The Kier molecular flexibility index (Phi) is 6.30.